The SMILES string of the molecule is COC(=O)C(C1=CC(OCCOCCBr)NO1)C(C)C. The predicted octanol–water partition coefficient (Wildman–Crippen LogP) is 1.60. The largest absolute Gasteiger partial charge is 0.468 e. The summed E-state index contributed by atoms with van der Waals surface area (Å²) in [4.78, 5) is 17.1. The van der Waals surface area contributed by atoms with Crippen LogP contribution in [0.3, 0.4) is 0 Å². The Labute approximate surface area is 127 Å². The van der Waals surface area contributed by atoms with Crippen LogP contribution in [0.5, 0.6) is 0 Å². The predicted molar refractivity (Wildman–Crippen MR) is 77.0 cm³/mol. The molecule has 1 heterocycles. The Kier molecular flexibility index (Phi) is 8.13. The lowest BCUT2D eigenvalue weighted by Gasteiger charge is -2.18. The number of carbonyl (C=O) groups excluding carboxylic acids is 1. The smallest absolute Gasteiger partial charge is 0.316 e. The van der Waals surface area contributed by atoms with E-state index in [-0.39, 0.29) is 18.1 Å². The van der Waals surface area contributed by atoms with E-state index in [0.29, 0.717) is 25.6 Å². The minimum atomic E-state index is -0.425. The highest BCUT2D eigenvalue weighted by molar-refractivity contribution is 9.09. The molecule has 1 rings (SSSR count). The molecule has 0 aromatic carbocycles. The molecule has 0 fully saturated rings. The maximum atomic E-state index is 11.7. The van der Waals surface area contributed by atoms with Gasteiger partial charge >= 0.3 is 5.97 Å². The van der Waals surface area contributed by atoms with Crippen molar-refractivity contribution in [1.82, 2.24) is 5.48 Å². The monoisotopic (exact) mass is 351 g/mol. The van der Waals surface area contributed by atoms with E-state index in [2.05, 4.69) is 21.4 Å². The topological polar surface area (TPSA) is 66.0 Å². The summed E-state index contributed by atoms with van der Waals surface area (Å²) in [6.07, 6.45) is 1.38. The lowest BCUT2D eigenvalue weighted by Crippen LogP contribution is -2.27. The Bertz CT molecular complexity index is 335. The summed E-state index contributed by atoms with van der Waals surface area (Å²) >= 11 is 3.27. The van der Waals surface area contributed by atoms with Gasteiger partial charge in [-0.1, -0.05) is 29.8 Å². The van der Waals surface area contributed by atoms with Crippen LogP contribution in [0.4, 0.5) is 0 Å². The van der Waals surface area contributed by atoms with E-state index >= 15 is 0 Å². The summed E-state index contributed by atoms with van der Waals surface area (Å²) in [5.74, 6) is -0.116. The highest BCUT2D eigenvalue weighted by Crippen LogP contribution is 2.25. The second-order valence-electron chi connectivity index (χ2n) is 4.63. The molecule has 6 nitrogen and oxygen atoms in total. The molecule has 0 aromatic rings. The van der Waals surface area contributed by atoms with E-state index in [9.17, 15) is 4.79 Å². The molecular weight excluding hydrogens is 330 g/mol. The van der Waals surface area contributed by atoms with Gasteiger partial charge in [0.05, 0.1) is 26.9 Å². The van der Waals surface area contributed by atoms with Gasteiger partial charge in [-0.25, -0.2) is 0 Å². The average molecular weight is 352 g/mol. The summed E-state index contributed by atoms with van der Waals surface area (Å²) < 4.78 is 15.6. The minimum absolute atomic E-state index is 0.0801. The molecule has 2 unspecified atom stereocenters. The number of ether oxygens (including phenoxy) is 3. The fourth-order valence-corrected chi connectivity index (χ4v) is 2.06. The van der Waals surface area contributed by atoms with Crippen molar-refractivity contribution in [3.8, 4) is 0 Å². The van der Waals surface area contributed by atoms with Gasteiger partial charge in [0.15, 0.2) is 6.23 Å². The second kappa shape index (κ2) is 9.33. The van der Waals surface area contributed by atoms with Gasteiger partial charge < -0.3 is 19.0 Å². The first-order chi connectivity index (χ1) is 9.60. The molecule has 0 aromatic heterocycles. The van der Waals surface area contributed by atoms with Gasteiger partial charge in [0, 0.05) is 11.4 Å². The van der Waals surface area contributed by atoms with Gasteiger partial charge in [0.2, 0.25) is 0 Å². The molecule has 1 N–H and O–H groups in total. The maximum Gasteiger partial charge on any atom is 0.316 e. The number of esters is 1. The molecule has 0 spiro atoms. The summed E-state index contributed by atoms with van der Waals surface area (Å²) in [7, 11) is 1.37. The Morgan fingerprint density at radius 3 is 2.80 bits per heavy atom. The number of hydrogen-bond donors (Lipinski definition) is 1. The van der Waals surface area contributed by atoms with Crippen LogP contribution < -0.4 is 5.48 Å². The first-order valence-electron chi connectivity index (χ1n) is 6.57. The molecule has 1 aliphatic rings. The van der Waals surface area contributed by atoms with Crippen molar-refractivity contribution in [1.29, 1.82) is 0 Å². The molecule has 1 aliphatic heterocycles. The highest BCUT2D eigenvalue weighted by atomic mass is 79.9. The fraction of sp³-hybridized carbons (Fsp3) is 0.769. The number of methoxy groups -OCH3 is 1. The zero-order valence-corrected chi connectivity index (χ0v) is 13.6. The van der Waals surface area contributed by atoms with Crippen molar-refractivity contribution in [3.63, 3.8) is 0 Å². The minimum Gasteiger partial charge on any atom is -0.468 e. The van der Waals surface area contributed by atoms with Gasteiger partial charge in [-0.2, -0.15) is 0 Å². The molecule has 20 heavy (non-hydrogen) atoms. The zero-order chi connectivity index (χ0) is 15.0. The van der Waals surface area contributed by atoms with E-state index in [0.717, 1.165) is 5.33 Å². The number of halogens is 1. The van der Waals surface area contributed by atoms with Gasteiger partial charge in [-0.05, 0) is 5.92 Å². The third-order valence-electron chi connectivity index (χ3n) is 2.78. The van der Waals surface area contributed by atoms with E-state index in [4.69, 9.17) is 19.0 Å². The molecule has 0 amide bonds. The molecular formula is C13H22BrNO5. The molecule has 2 atom stereocenters. The first kappa shape index (κ1) is 17.4. The summed E-state index contributed by atoms with van der Waals surface area (Å²) in [5.41, 5.74) is 2.72. The molecule has 0 radical (unpaired) electrons. The van der Waals surface area contributed by atoms with Crippen LogP contribution in [0.2, 0.25) is 0 Å². The van der Waals surface area contributed by atoms with Crippen molar-refractivity contribution in [2.24, 2.45) is 11.8 Å². The quantitative estimate of drug-likeness (QED) is 0.386. The van der Waals surface area contributed by atoms with Crippen LogP contribution in [0, 0.1) is 11.8 Å². The number of alkyl halides is 1. The standard InChI is InChI=1S/C13H22BrNO5/c1-9(2)12(13(16)17-3)10-8-11(15-20-10)19-7-6-18-5-4-14/h8-9,11-12,15H,4-7H2,1-3H3. The van der Waals surface area contributed by atoms with Crippen LogP contribution in [0.1, 0.15) is 13.8 Å². The molecule has 0 saturated carbocycles. The second-order valence-corrected chi connectivity index (χ2v) is 5.42. The van der Waals surface area contributed by atoms with Gasteiger partial charge in [0.25, 0.3) is 0 Å². The van der Waals surface area contributed by atoms with Crippen molar-refractivity contribution in [2.45, 2.75) is 20.1 Å². The number of nitrogens with one attached hydrogen (secondary N) is 1. The molecule has 0 saturated heterocycles. The van der Waals surface area contributed by atoms with Crippen molar-refractivity contribution >= 4 is 21.9 Å². The van der Waals surface area contributed by atoms with Crippen molar-refractivity contribution < 1.29 is 23.8 Å². The molecule has 0 aliphatic carbocycles. The van der Waals surface area contributed by atoms with Crippen LogP contribution in [0.25, 0.3) is 0 Å². The third-order valence-corrected chi connectivity index (χ3v) is 3.11. The third kappa shape index (κ3) is 5.40. The van der Waals surface area contributed by atoms with E-state index in [1.165, 1.54) is 7.11 Å². The normalized spacial score (nSPS) is 19.6. The van der Waals surface area contributed by atoms with E-state index in [1.54, 1.807) is 6.08 Å². The highest BCUT2D eigenvalue weighted by Gasteiger charge is 2.33. The van der Waals surface area contributed by atoms with Crippen molar-refractivity contribution in [3.05, 3.63) is 11.8 Å². The fourth-order valence-electron chi connectivity index (χ4n) is 1.83. The van der Waals surface area contributed by atoms with E-state index < -0.39 is 5.92 Å². The summed E-state index contributed by atoms with van der Waals surface area (Å²) in [6, 6.07) is 0. The number of hydroxylamine groups is 1. The van der Waals surface area contributed by atoms with Crippen LogP contribution in [-0.2, 0) is 23.8 Å². The van der Waals surface area contributed by atoms with E-state index in [1.807, 2.05) is 13.8 Å². The van der Waals surface area contributed by atoms with Gasteiger partial charge in [-0.15, -0.1) is 5.48 Å². The van der Waals surface area contributed by atoms with Gasteiger partial charge in [-0.3, -0.25) is 4.79 Å². The average Bonchev–Trinajstić information content (AvgIpc) is 2.86. The van der Waals surface area contributed by atoms with Gasteiger partial charge in [0.1, 0.15) is 11.7 Å². The number of hydrogen-bond acceptors (Lipinski definition) is 6. The number of carbonyl (C=O) groups is 1. The van der Waals surface area contributed by atoms with Crippen LogP contribution in [0.15, 0.2) is 11.8 Å². The van der Waals surface area contributed by atoms with Crippen molar-refractivity contribution in [2.75, 3.05) is 32.3 Å². The van der Waals surface area contributed by atoms with Crippen LogP contribution in [-0.4, -0.2) is 44.5 Å². The Morgan fingerprint density at radius 2 is 2.20 bits per heavy atom. The maximum absolute atomic E-state index is 11.7. The Morgan fingerprint density at radius 1 is 1.45 bits per heavy atom. The number of rotatable bonds is 9. The lowest BCUT2D eigenvalue weighted by atomic mass is 9.93. The first-order valence-corrected chi connectivity index (χ1v) is 7.69. The molecule has 116 valence electrons. The molecule has 0 bridgehead atoms. The summed E-state index contributed by atoms with van der Waals surface area (Å²) in [6.45, 7) is 5.49. The Hall–Kier alpha value is -0.630. The molecule has 7 heteroatoms. The Balaban J connectivity index is 2.44. The van der Waals surface area contributed by atoms with Crippen LogP contribution >= 0.6 is 15.9 Å². The summed E-state index contributed by atoms with van der Waals surface area (Å²) in [5, 5.41) is 0.803. The zero-order valence-electron chi connectivity index (χ0n) is 12.1. The lowest BCUT2D eigenvalue weighted by molar-refractivity contribution is -0.147.